The van der Waals surface area contributed by atoms with Crippen molar-refractivity contribution in [3.8, 4) is 0 Å². The fraction of sp³-hybridized carbons (Fsp3) is 0.611. The Kier molecular flexibility index (Phi) is 7.05. The van der Waals surface area contributed by atoms with E-state index >= 15 is 0 Å². The molecule has 1 aliphatic heterocycles. The van der Waals surface area contributed by atoms with Crippen LogP contribution in [0.3, 0.4) is 0 Å². The van der Waals surface area contributed by atoms with Crippen molar-refractivity contribution in [3.05, 3.63) is 35.4 Å². The molecule has 0 spiro atoms. The number of nitrogens with one attached hydrogen (secondary N) is 1. The van der Waals surface area contributed by atoms with E-state index in [0.29, 0.717) is 32.6 Å². The lowest BCUT2D eigenvalue weighted by molar-refractivity contribution is -0.129. The molecule has 2 rings (SSSR count). The van der Waals surface area contributed by atoms with Crippen LogP contribution in [0, 0.1) is 0 Å². The first-order valence-corrected chi connectivity index (χ1v) is 8.06. The first-order valence-electron chi connectivity index (χ1n) is 8.06. The van der Waals surface area contributed by atoms with Crippen LogP contribution in [0.15, 0.2) is 24.3 Å². The number of benzene rings is 1. The zero-order valence-electron chi connectivity index (χ0n) is 14.4. The highest BCUT2D eigenvalue weighted by Gasteiger charge is 2.35. The molecule has 5 heteroatoms. The monoisotopic (exact) mass is 340 g/mol. The van der Waals surface area contributed by atoms with Gasteiger partial charge in [-0.1, -0.05) is 45.0 Å². The summed E-state index contributed by atoms with van der Waals surface area (Å²) in [5.74, 6) is -0.0536. The molecule has 0 aliphatic carbocycles. The van der Waals surface area contributed by atoms with Crippen molar-refractivity contribution >= 4 is 18.3 Å². The SMILES string of the molecule is CC(C)(C)c1ccc(CCNC(=O)C2(N)CCOCC2)cc1.Cl. The normalized spacial score (nSPS) is 17.2. The van der Waals surface area contributed by atoms with Gasteiger partial charge in [0, 0.05) is 19.8 Å². The van der Waals surface area contributed by atoms with Crippen LogP contribution < -0.4 is 11.1 Å². The largest absolute Gasteiger partial charge is 0.381 e. The molecule has 0 saturated carbocycles. The maximum atomic E-state index is 12.2. The lowest BCUT2D eigenvalue weighted by Crippen LogP contribution is -2.57. The molecule has 3 N–H and O–H groups in total. The molecule has 0 bridgehead atoms. The summed E-state index contributed by atoms with van der Waals surface area (Å²) < 4.78 is 5.27. The zero-order chi connectivity index (χ0) is 16.2. The van der Waals surface area contributed by atoms with E-state index in [4.69, 9.17) is 10.5 Å². The molecule has 0 unspecified atom stereocenters. The van der Waals surface area contributed by atoms with Crippen LogP contribution in [-0.4, -0.2) is 31.2 Å². The number of carbonyl (C=O) groups is 1. The number of ether oxygens (including phenoxy) is 1. The van der Waals surface area contributed by atoms with Gasteiger partial charge in [-0.3, -0.25) is 4.79 Å². The van der Waals surface area contributed by atoms with E-state index in [0.717, 1.165) is 6.42 Å². The molecule has 1 heterocycles. The molecule has 1 aromatic carbocycles. The highest BCUT2D eigenvalue weighted by molar-refractivity contribution is 5.86. The zero-order valence-corrected chi connectivity index (χ0v) is 15.2. The summed E-state index contributed by atoms with van der Waals surface area (Å²) >= 11 is 0. The molecule has 130 valence electrons. The van der Waals surface area contributed by atoms with Gasteiger partial charge in [0.15, 0.2) is 0 Å². The third kappa shape index (κ3) is 5.48. The molecule has 23 heavy (non-hydrogen) atoms. The molecule has 0 aromatic heterocycles. The Morgan fingerprint density at radius 1 is 1.22 bits per heavy atom. The van der Waals surface area contributed by atoms with Gasteiger partial charge in [0.1, 0.15) is 0 Å². The second-order valence-electron chi connectivity index (χ2n) is 7.22. The summed E-state index contributed by atoms with van der Waals surface area (Å²) in [6, 6.07) is 8.61. The van der Waals surface area contributed by atoms with Crippen molar-refractivity contribution in [1.82, 2.24) is 5.32 Å². The van der Waals surface area contributed by atoms with Crippen LogP contribution in [0.5, 0.6) is 0 Å². The minimum Gasteiger partial charge on any atom is -0.381 e. The summed E-state index contributed by atoms with van der Waals surface area (Å²) in [6.45, 7) is 8.37. The smallest absolute Gasteiger partial charge is 0.240 e. The van der Waals surface area contributed by atoms with E-state index in [2.05, 4.69) is 50.4 Å². The molecule has 1 amide bonds. The van der Waals surface area contributed by atoms with Crippen LogP contribution in [0.4, 0.5) is 0 Å². The van der Waals surface area contributed by atoms with E-state index in [1.807, 2.05) is 0 Å². The van der Waals surface area contributed by atoms with E-state index in [-0.39, 0.29) is 23.7 Å². The maximum Gasteiger partial charge on any atom is 0.240 e. The molecule has 1 aromatic rings. The third-order valence-electron chi connectivity index (χ3n) is 4.36. The predicted octanol–water partition coefficient (Wildman–Crippen LogP) is 2.57. The highest BCUT2D eigenvalue weighted by atomic mass is 35.5. The summed E-state index contributed by atoms with van der Waals surface area (Å²) in [4.78, 5) is 12.2. The fourth-order valence-electron chi connectivity index (χ4n) is 2.63. The standard InChI is InChI=1S/C18H28N2O2.ClH/c1-17(2,3)15-6-4-14(5-7-15)8-11-20-16(21)18(19)9-12-22-13-10-18;/h4-7H,8-13,19H2,1-3H3,(H,20,21);1H. The Bertz CT molecular complexity index is 503. The first kappa shape index (κ1) is 19.9. The summed E-state index contributed by atoms with van der Waals surface area (Å²) in [6.07, 6.45) is 2.01. The molecule has 1 fully saturated rings. The van der Waals surface area contributed by atoms with Gasteiger partial charge >= 0.3 is 0 Å². The number of hydrogen-bond acceptors (Lipinski definition) is 3. The minimum atomic E-state index is -0.756. The Hall–Kier alpha value is -1.10. The predicted molar refractivity (Wildman–Crippen MR) is 96.1 cm³/mol. The quantitative estimate of drug-likeness (QED) is 0.885. The number of carbonyl (C=O) groups excluding carboxylic acids is 1. The maximum absolute atomic E-state index is 12.2. The lowest BCUT2D eigenvalue weighted by atomic mass is 9.86. The van der Waals surface area contributed by atoms with Crippen LogP contribution in [0.1, 0.15) is 44.7 Å². The van der Waals surface area contributed by atoms with Gasteiger partial charge in [-0.15, -0.1) is 12.4 Å². The molecule has 0 atom stereocenters. The van der Waals surface area contributed by atoms with Gasteiger partial charge in [0.2, 0.25) is 5.91 Å². The Labute approximate surface area is 145 Å². The average Bonchev–Trinajstić information content (AvgIpc) is 2.47. The minimum absolute atomic E-state index is 0. The van der Waals surface area contributed by atoms with Gasteiger partial charge in [0.25, 0.3) is 0 Å². The van der Waals surface area contributed by atoms with Crippen molar-refractivity contribution in [3.63, 3.8) is 0 Å². The van der Waals surface area contributed by atoms with Crippen molar-refractivity contribution in [2.45, 2.75) is 51.0 Å². The highest BCUT2D eigenvalue weighted by Crippen LogP contribution is 2.22. The molecule has 1 aliphatic rings. The fourth-order valence-corrected chi connectivity index (χ4v) is 2.63. The van der Waals surface area contributed by atoms with Crippen molar-refractivity contribution in [2.24, 2.45) is 5.73 Å². The van der Waals surface area contributed by atoms with Gasteiger partial charge < -0.3 is 15.8 Å². The van der Waals surface area contributed by atoms with E-state index in [9.17, 15) is 4.79 Å². The summed E-state index contributed by atoms with van der Waals surface area (Å²) in [7, 11) is 0. The van der Waals surface area contributed by atoms with Crippen LogP contribution >= 0.6 is 12.4 Å². The average molecular weight is 341 g/mol. The van der Waals surface area contributed by atoms with Crippen LogP contribution in [0.2, 0.25) is 0 Å². The molecular formula is C18H29ClN2O2. The van der Waals surface area contributed by atoms with Crippen LogP contribution in [0.25, 0.3) is 0 Å². The van der Waals surface area contributed by atoms with Gasteiger partial charge in [0.05, 0.1) is 5.54 Å². The lowest BCUT2D eigenvalue weighted by Gasteiger charge is -2.31. The molecule has 1 saturated heterocycles. The topological polar surface area (TPSA) is 64.4 Å². The third-order valence-corrected chi connectivity index (χ3v) is 4.36. The van der Waals surface area contributed by atoms with E-state index in [1.165, 1.54) is 11.1 Å². The molecule has 4 nitrogen and oxygen atoms in total. The van der Waals surface area contributed by atoms with E-state index < -0.39 is 5.54 Å². The first-order chi connectivity index (χ1) is 10.3. The van der Waals surface area contributed by atoms with Crippen molar-refractivity contribution < 1.29 is 9.53 Å². The Morgan fingerprint density at radius 2 is 1.78 bits per heavy atom. The number of halogens is 1. The number of hydrogen-bond donors (Lipinski definition) is 2. The Morgan fingerprint density at radius 3 is 2.30 bits per heavy atom. The van der Waals surface area contributed by atoms with Gasteiger partial charge in [-0.25, -0.2) is 0 Å². The summed E-state index contributed by atoms with van der Waals surface area (Å²) in [5, 5.41) is 2.97. The van der Waals surface area contributed by atoms with Gasteiger partial charge in [-0.05, 0) is 35.8 Å². The van der Waals surface area contributed by atoms with Crippen LogP contribution in [-0.2, 0) is 21.4 Å². The van der Waals surface area contributed by atoms with E-state index in [1.54, 1.807) is 0 Å². The summed E-state index contributed by atoms with van der Waals surface area (Å²) in [5.41, 5.74) is 8.12. The molecular weight excluding hydrogens is 312 g/mol. The van der Waals surface area contributed by atoms with Crippen molar-refractivity contribution in [1.29, 1.82) is 0 Å². The second-order valence-corrected chi connectivity index (χ2v) is 7.22. The number of rotatable bonds is 4. The number of amides is 1. The van der Waals surface area contributed by atoms with Gasteiger partial charge in [-0.2, -0.15) is 0 Å². The second kappa shape index (κ2) is 8.13. The number of nitrogens with two attached hydrogens (primary N) is 1. The Balaban J connectivity index is 0.00000264. The molecule has 0 radical (unpaired) electrons. The van der Waals surface area contributed by atoms with Crippen molar-refractivity contribution in [2.75, 3.05) is 19.8 Å².